The molecule has 1 aliphatic rings. The van der Waals surface area contributed by atoms with Gasteiger partial charge in [0.25, 0.3) is 0 Å². The van der Waals surface area contributed by atoms with Gasteiger partial charge in [0.15, 0.2) is 0 Å². The van der Waals surface area contributed by atoms with Crippen molar-refractivity contribution in [3.05, 3.63) is 29.8 Å². The summed E-state index contributed by atoms with van der Waals surface area (Å²) in [5.74, 6) is -0.186. The zero-order chi connectivity index (χ0) is 17.4. The molecule has 6 nitrogen and oxygen atoms in total. The van der Waals surface area contributed by atoms with Crippen LogP contribution in [0.1, 0.15) is 30.6 Å². The van der Waals surface area contributed by atoms with Crippen molar-refractivity contribution in [2.45, 2.75) is 20.3 Å². The topological polar surface area (TPSA) is 61.9 Å². The quantitative estimate of drug-likeness (QED) is 0.772. The summed E-state index contributed by atoms with van der Waals surface area (Å²) < 4.78 is 5.05. The summed E-state index contributed by atoms with van der Waals surface area (Å²) >= 11 is 0. The standard InChI is InChI=1S/C18H27N3O3/c1-3-20-11-13-21(14-12-20)17(22)9-10-19-16-8-6-5-7-15(16)18(23)24-4-2/h5-8,19H,3-4,9-14H2,1-2H3. The van der Waals surface area contributed by atoms with Crippen molar-refractivity contribution < 1.29 is 14.3 Å². The SMILES string of the molecule is CCOC(=O)c1ccccc1NCCC(=O)N1CCN(CC)CC1. The van der Waals surface area contributed by atoms with Crippen LogP contribution in [0.25, 0.3) is 0 Å². The molecule has 0 aliphatic carbocycles. The number of anilines is 1. The molecule has 1 saturated heterocycles. The highest BCUT2D eigenvalue weighted by Crippen LogP contribution is 2.16. The maximum Gasteiger partial charge on any atom is 0.340 e. The number of benzene rings is 1. The second-order valence-corrected chi connectivity index (χ2v) is 5.76. The summed E-state index contributed by atoms with van der Waals surface area (Å²) in [5.41, 5.74) is 1.21. The Kier molecular flexibility index (Phi) is 7.06. The normalized spacial score (nSPS) is 15.2. The molecule has 1 aromatic carbocycles. The van der Waals surface area contributed by atoms with Gasteiger partial charge in [-0.2, -0.15) is 0 Å². The fraction of sp³-hybridized carbons (Fsp3) is 0.556. The van der Waals surface area contributed by atoms with Crippen LogP contribution < -0.4 is 5.32 Å². The number of hydrogen-bond acceptors (Lipinski definition) is 5. The second-order valence-electron chi connectivity index (χ2n) is 5.76. The molecule has 1 N–H and O–H groups in total. The van der Waals surface area contributed by atoms with Crippen LogP contribution in [0, 0.1) is 0 Å². The van der Waals surface area contributed by atoms with Crippen LogP contribution in [0.3, 0.4) is 0 Å². The summed E-state index contributed by atoms with van der Waals surface area (Å²) in [6.07, 6.45) is 0.420. The van der Waals surface area contributed by atoms with Crippen LogP contribution in [0.5, 0.6) is 0 Å². The van der Waals surface area contributed by atoms with Gasteiger partial charge in [-0.05, 0) is 25.6 Å². The Bertz CT molecular complexity index is 554. The number of rotatable bonds is 7. The summed E-state index contributed by atoms with van der Waals surface area (Å²) in [6, 6.07) is 7.22. The lowest BCUT2D eigenvalue weighted by molar-refractivity contribution is -0.132. The summed E-state index contributed by atoms with van der Waals surface area (Å²) in [4.78, 5) is 28.5. The van der Waals surface area contributed by atoms with Crippen LogP contribution in [0.4, 0.5) is 5.69 Å². The summed E-state index contributed by atoms with van der Waals surface area (Å²) in [5, 5.41) is 3.18. The van der Waals surface area contributed by atoms with E-state index in [0.29, 0.717) is 30.8 Å². The number of ether oxygens (including phenoxy) is 1. The zero-order valence-electron chi connectivity index (χ0n) is 14.6. The van der Waals surface area contributed by atoms with E-state index in [2.05, 4.69) is 17.1 Å². The van der Waals surface area contributed by atoms with E-state index >= 15 is 0 Å². The molecule has 2 rings (SSSR count). The Morgan fingerprint density at radius 3 is 2.50 bits per heavy atom. The smallest absolute Gasteiger partial charge is 0.340 e. The van der Waals surface area contributed by atoms with Gasteiger partial charge in [0, 0.05) is 44.8 Å². The molecule has 1 fully saturated rings. The minimum atomic E-state index is -0.345. The maximum absolute atomic E-state index is 12.3. The molecule has 0 spiro atoms. The molecule has 0 radical (unpaired) electrons. The van der Waals surface area contributed by atoms with E-state index in [0.717, 1.165) is 32.7 Å². The zero-order valence-corrected chi connectivity index (χ0v) is 14.6. The van der Waals surface area contributed by atoms with Gasteiger partial charge in [-0.1, -0.05) is 19.1 Å². The third-order valence-corrected chi connectivity index (χ3v) is 4.25. The fourth-order valence-corrected chi connectivity index (χ4v) is 2.80. The largest absolute Gasteiger partial charge is 0.462 e. The Balaban J connectivity index is 1.82. The van der Waals surface area contributed by atoms with E-state index in [1.165, 1.54) is 0 Å². The van der Waals surface area contributed by atoms with E-state index in [1.807, 2.05) is 17.0 Å². The average molecular weight is 333 g/mol. The Morgan fingerprint density at radius 1 is 1.12 bits per heavy atom. The Labute approximate surface area is 143 Å². The molecule has 1 aromatic rings. The number of piperazine rings is 1. The number of amides is 1. The minimum absolute atomic E-state index is 0.159. The van der Waals surface area contributed by atoms with Crippen LogP contribution in [0.15, 0.2) is 24.3 Å². The van der Waals surface area contributed by atoms with Crippen molar-refractivity contribution in [1.82, 2.24) is 9.80 Å². The molecule has 0 aromatic heterocycles. The van der Waals surface area contributed by atoms with E-state index in [1.54, 1.807) is 19.1 Å². The highest BCUT2D eigenvalue weighted by molar-refractivity contribution is 5.95. The molecule has 1 heterocycles. The molecular weight excluding hydrogens is 306 g/mol. The van der Waals surface area contributed by atoms with Gasteiger partial charge < -0.3 is 19.9 Å². The number of hydrogen-bond donors (Lipinski definition) is 1. The molecule has 24 heavy (non-hydrogen) atoms. The molecule has 1 amide bonds. The molecule has 0 atom stereocenters. The van der Waals surface area contributed by atoms with Crippen LogP contribution in [-0.2, 0) is 9.53 Å². The van der Waals surface area contributed by atoms with Crippen molar-refractivity contribution in [2.75, 3.05) is 51.2 Å². The second kappa shape index (κ2) is 9.27. The first-order chi connectivity index (χ1) is 11.7. The number of esters is 1. The molecule has 132 valence electrons. The number of carbonyl (C=O) groups is 2. The van der Waals surface area contributed by atoms with Gasteiger partial charge in [-0.3, -0.25) is 4.79 Å². The lowest BCUT2D eigenvalue weighted by atomic mass is 10.1. The molecule has 6 heteroatoms. The molecule has 0 saturated carbocycles. The molecular formula is C18H27N3O3. The Morgan fingerprint density at radius 2 is 1.83 bits per heavy atom. The first-order valence-electron chi connectivity index (χ1n) is 8.65. The van der Waals surface area contributed by atoms with Crippen molar-refractivity contribution in [1.29, 1.82) is 0 Å². The number of nitrogens with one attached hydrogen (secondary N) is 1. The van der Waals surface area contributed by atoms with Gasteiger partial charge in [-0.25, -0.2) is 4.79 Å². The average Bonchev–Trinajstić information content (AvgIpc) is 2.62. The van der Waals surface area contributed by atoms with Crippen LogP contribution in [-0.4, -0.2) is 67.6 Å². The van der Waals surface area contributed by atoms with Crippen molar-refractivity contribution in [3.8, 4) is 0 Å². The number of likely N-dealkylation sites (N-methyl/N-ethyl adjacent to an activating group) is 1. The number of carbonyl (C=O) groups excluding carboxylic acids is 2. The van der Waals surface area contributed by atoms with Gasteiger partial charge in [0.05, 0.1) is 12.2 Å². The fourth-order valence-electron chi connectivity index (χ4n) is 2.80. The third-order valence-electron chi connectivity index (χ3n) is 4.25. The van der Waals surface area contributed by atoms with E-state index < -0.39 is 0 Å². The lowest BCUT2D eigenvalue weighted by Crippen LogP contribution is -2.48. The highest BCUT2D eigenvalue weighted by Gasteiger charge is 2.19. The predicted octanol–water partition coefficient (Wildman–Crippen LogP) is 1.83. The van der Waals surface area contributed by atoms with Crippen LogP contribution >= 0.6 is 0 Å². The van der Waals surface area contributed by atoms with E-state index in [9.17, 15) is 9.59 Å². The van der Waals surface area contributed by atoms with Crippen molar-refractivity contribution in [2.24, 2.45) is 0 Å². The van der Waals surface area contributed by atoms with Gasteiger partial charge in [0.1, 0.15) is 0 Å². The first kappa shape index (κ1) is 18.3. The monoisotopic (exact) mass is 333 g/mol. The first-order valence-corrected chi connectivity index (χ1v) is 8.65. The molecule has 0 unspecified atom stereocenters. The van der Waals surface area contributed by atoms with Gasteiger partial charge >= 0.3 is 5.97 Å². The summed E-state index contributed by atoms with van der Waals surface area (Å²) in [7, 11) is 0. The summed E-state index contributed by atoms with van der Waals surface area (Å²) in [6.45, 7) is 9.29. The van der Waals surface area contributed by atoms with Gasteiger partial charge in [0.2, 0.25) is 5.91 Å². The van der Waals surface area contributed by atoms with E-state index in [-0.39, 0.29) is 11.9 Å². The molecule has 0 bridgehead atoms. The molecule has 1 aliphatic heterocycles. The van der Waals surface area contributed by atoms with Gasteiger partial charge in [-0.15, -0.1) is 0 Å². The third kappa shape index (κ3) is 4.96. The maximum atomic E-state index is 12.3. The predicted molar refractivity (Wildman–Crippen MR) is 94.2 cm³/mol. The number of para-hydroxylation sites is 1. The van der Waals surface area contributed by atoms with Crippen molar-refractivity contribution >= 4 is 17.6 Å². The highest BCUT2D eigenvalue weighted by atomic mass is 16.5. The van der Waals surface area contributed by atoms with Crippen LogP contribution in [0.2, 0.25) is 0 Å². The van der Waals surface area contributed by atoms with E-state index in [4.69, 9.17) is 4.74 Å². The lowest BCUT2D eigenvalue weighted by Gasteiger charge is -2.34. The van der Waals surface area contributed by atoms with Crippen molar-refractivity contribution in [3.63, 3.8) is 0 Å². The minimum Gasteiger partial charge on any atom is -0.462 e. The number of nitrogens with zero attached hydrogens (tertiary/aromatic N) is 2. The Hall–Kier alpha value is -2.08.